The molecule has 0 bridgehead atoms. The first kappa shape index (κ1) is 12.8. The van der Waals surface area contributed by atoms with E-state index in [1.807, 2.05) is 6.92 Å². The first-order chi connectivity index (χ1) is 7.63. The number of nitrogens with one attached hydrogen (secondary N) is 2. The van der Waals surface area contributed by atoms with Crippen LogP contribution in [-0.2, 0) is 4.74 Å². The van der Waals surface area contributed by atoms with Crippen LogP contribution in [0, 0.1) is 5.41 Å². The molecule has 0 radical (unpaired) electrons. The minimum atomic E-state index is -0.0867. The average molecular weight is 228 g/mol. The van der Waals surface area contributed by atoms with E-state index >= 15 is 0 Å². The van der Waals surface area contributed by atoms with Gasteiger partial charge in [-0.3, -0.25) is 5.41 Å². The van der Waals surface area contributed by atoms with Crippen LogP contribution in [0.25, 0.3) is 0 Å². The molecule has 1 heterocycles. The Labute approximate surface area is 95.6 Å². The summed E-state index contributed by atoms with van der Waals surface area (Å²) in [4.78, 5) is 13.5. The van der Waals surface area contributed by atoms with Crippen LogP contribution in [0.1, 0.15) is 19.8 Å². The largest absolute Gasteiger partial charge is 0.388 e. The van der Waals surface area contributed by atoms with Crippen molar-refractivity contribution in [2.75, 3.05) is 26.3 Å². The van der Waals surface area contributed by atoms with Gasteiger partial charge in [0.15, 0.2) is 0 Å². The monoisotopic (exact) mass is 228 g/mol. The zero-order chi connectivity index (χ0) is 12.0. The number of hydrogen-bond donors (Lipinski definition) is 3. The fourth-order valence-corrected chi connectivity index (χ4v) is 1.60. The highest BCUT2D eigenvalue weighted by Gasteiger charge is 2.19. The highest BCUT2D eigenvalue weighted by atomic mass is 16.5. The molecular formula is C10H20N4O2. The van der Waals surface area contributed by atoms with Gasteiger partial charge >= 0.3 is 6.03 Å². The lowest BCUT2D eigenvalue weighted by atomic mass is 10.1. The molecule has 0 spiro atoms. The number of nitrogens with two attached hydrogens (primary N) is 1. The van der Waals surface area contributed by atoms with E-state index in [0.29, 0.717) is 32.7 Å². The van der Waals surface area contributed by atoms with Crippen molar-refractivity contribution in [2.24, 2.45) is 5.73 Å². The van der Waals surface area contributed by atoms with Crippen molar-refractivity contribution in [3.05, 3.63) is 0 Å². The molecule has 1 aliphatic rings. The third-order valence-electron chi connectivity index (χ3n) is 2.59. The number of amides is 2. The molecule has 1 fully saturated rings. The van der Waals surface area contributed by atoms with Crippen molar-refractivity contribution < 1.29 is 9.53 Å². The van der Waals surface area contributed by atoms with Gasteiger partial charge in [-0.1, -0.05) is 6.92 Å². The first-order valence-corrected chi connectivity index (χ1v) is 5.59. The molecule has 1 unspecified atom stereocenters. The summed E-state index contributed by atoms with van der Waals surface area (Å²) < 4.78 is 5.17. The van der Waals surface area contributed by atoms with Crippen molar-refractivity contribution >= 4 is 11.9 Å². The van der Waals surface area contributed by atoms with Gasteiger partial charge in [-0.05, 0) is 6.42 Å². The Morgan fingerprint density at radius 1 is 1.56 bits per heavy atom. The number of urea groups is 1. The van der Waals surface area contributed by atoms with Gasteiger partial charge in [0, 0.05) is 25.6 Å². The number of carbonyl (C=O) groups excluding carboxylic acids is 1. The third kappa shape index (κ3) is 4.06. The summed E-state index contributed by atoms with van der Waals surface area (Å²) >= 11 is 0. The second kappa shape index (κ2) is 6.32. The summed E-state index contributed by atoms with van der Waals surface area (Å²) in [6.45, 7) is 4.41. The van der Waals surface area contributed by atoms with Crippen molar-refractivity contribution in [1.29, 1.82) is 5.41 Å². The fourth-order valence-electron chi connectivity index (χ4n) is 1.60. The Morgan fingerprint density at radius 3 is 2.69 bits per heavy atom. The van der Waals surface area contributed by atoms with Crippen LogP contribution in [0.2, 0.25) is 0 Å². The molecule has 1 rings (SSSR count). The summed E-state index contributed by atoms with van der Waals surface area (Å²) in [5, 5.41) is 10.1. The Balaban J connectivity index is 2.38. The molecular weight excluding hydrogens is 208 g/mol. The van der Waals surface area contributed by atoms with Crippen LogP contribution >= 0.6 is 0 Å². The molecule has 1 atom stereocenters. The number of ether oxygens (including phenoxy) is 1. The van der Waals surface area contributed by atoms with Gasteiger partial charge in [0.2, 0.25) is 0 Å². The quantitative estimate of drug-likeness (QED) is 0.472. The van der Waals surface area contributed by atoms with Crippen molar-refractivity contribution in [2.45, 2.75) is 25.8 Å². The van der Waals surface area contributed by atoms with Gasteiger partial charge in [0.1, 0.15) is 0 Å². The van der Waals surface area contributed by atoms with Crippen molar-refractivity contribution in [1.82, 2.24) is 10.2 Å². The molecule has 1 saturated heterocycles. The number of hydrogen-bond acceptors (Lipinski definition) is 3. The van der Waals surface area contributed by atoms with Crippen LogP contribution in [0.4, 0.5) is 4.79 Å². The normalized spacial score (nSPS) is 17.9. The summed E-state index contributed by atoms with van der Waals surface area (Å²) in [5.41, 5.74) is 5.32. The van der Waals surface area contributed by atoms with E-state index in [9.17, 15) is 4.79 Å². The van der Waals surface area contributed by atoms with Crippen LogP contribution in [0.3, 0.4) is 0 Å². The first-order valence-electron chi connectivity index (χ1n) is 5.59. The molecule has 1 aliphatic heterocycles. The fraction of sp³-hybridized carbons (Fsp3) is 0.800. The maximum atomic E-state index is 11.8. The number of carbonyl (C=O) groups is 1. The van der Waals surface area contributed by atoms with Gasteiger partial charge in [0.05, 0.1) is 19.0 Å². The SMILES string of the molecule is CCC(CC(=N)N)NC(=O)N1CCOCC1. The zero-order valence-electron chi connectivity index (χ0n) is 9.66. The predicted octanol–water partition coefficient (Wildman–Crippen LogP) is 0.133. The molecule has 0 aromatic heterocycles. The molecule has 92 valence electrons. The van der Waals surface area contributed by atoms with Gasteiger partial charge in [-0.15, -0.1) is 0 Å². The third-order valence-corrected chi connectivity index (χ3v) is 2.59. The molecule has 16 heavy (non-hydrogen) atoms. The smallest absolute Gasteiger partial charge is 0.317 e. The average Bonchev–Trinajstić information content (AvgIpc) is 2.28. The number of amidine groups is 1. The summed E-state index contributed by atoms with van der Waals surface area (Å²) in [7, 11) is 0. The lowest BCUT2D eigenvalue weighted by molar-refractivity contribution is 0.0525. The van der Waals surface area contributed by atoms with E-state index in [-0.39, 0.29) is 17.9 Å². The maximum absolute atomic E-state index is 11.8. The van der Waals surface area contributed by atoms with Crippen molar-refractivity contribution in [3.63, 3.8) is 0 Å². The van der Waals surface area contributed by atoms with Crippen molar-refractivity contribution in [3.8, 4) is 0 Å². The Kier molecular flexibility index (Phi) is 5.04. The maximum Gasteiger partial charge on any atom is 0.317 e. The van der Waals surface area contributed by atoms with Crippen LogP contribution in [0.15, 0.2) is 0 Å². The minimum absolute atomic E-state index is 0.0483. The molecule has 0 saturated carbocycles. The van der Waals surface area contributed by atoms with Crippen LogP contribution in [0.5, 0.6) is 0 Å². The molecule has 6 heteroatoms. The van der Waals surface area contributed by atoms with Crippen LogP contribution in [-0.4, -0.2) is 49.1 Å². The highest BCUT2D eigenvalue weighted by Crippen LogP contribution is 2.01. The van der Waals surface area contributed by atoms with Gasteiger partial charge < -0.3 is 20.7 Å². The molecule has 0 aromatic rings. The summed E-state index contributed by atoms with van der Waals surface area (Å²) in [6, 6.07) is -0.135. The van der Waals surface area contributed by atoms with E-state index in [2.05, 4.69) is 5.32 Å². The van der Waals surface area contributed by atoms with Gasteiger partial charge in [0.25, 0.3) is 0 Å². The Morgan fingerprint density at radius 2 is 2.19 bits per heavy atom. The minimum Gasteiger partial charge on any atom is -0.388 e. The standard InChI is InChI=1S/C10H20N4O2/c1-2-8(7-9(11)12)13-10(15)14-3-5-16-6-4-14/h8H,2-7H2,1H3,(H3,11,12)(H,13,15). The number of morpholine rings is 1. The zero-order valence-corrected chi connectivity index (χ0v) is 9.66. The summed E-state index contributed by atoms with van der Waals surface area (Å²) in [6.07, 6.45) is 1.18. The van der Waals surface area contributed by atoms with E-state index < -0.39 is 0 Å². The van der Waals surface area contributed by atoms with E-state index in [1.54, 1.807) is 4.90 Å². The Bertz CT molecular complexity index is 251. The van der Waals surface area contributed by atoms with Crippen LogP contribution < -0.4 is 11.1 Å². The predicted molar refractivity (Wildman–Crippen MR) is 61.5 cm³/mol. The number of nitrogens with zero attached hydrogens (tertiary/aromatic N) is 1. The molecule has 0 aliphatic carbocycles. The highest BCUT2D eigenvalue weighted by molar-refractivity contribution is 5.79. The lowest BCUT2D eigenvalue weighted by Gasteiger charge is -2.29. The summed E-state index contributed by atoms with van der Waals surface area (Å²) in [5.74, 6) is 0.106. The van der Waals surface area contributed by atoms with E-state index in [4.69, 9.17) is 15.9 Å². The molecule has 2 amide bonds. The lowest BCUT2D eigenvalue weighted by Crippen LogP contribution is -2.49. The van der Waals surface area contributed by atoms with Gasteiger partial charge in [-0.25, -0.2) is 4.79 Å². The van der Waals surface area contributed by atoms with E-state index in [1.165, 1.54) is 0 Å². The number of rotatable bonds is 4. The van der Waals surface area contributed by atoms with Gasteiger partial charge in [-0.2, -0.15) is 0 Å². The second-order valence-electron chi connectivity index (χ2n) is 3.88. The molecule has 6 nitrogen and oxygen atoms in total. The Hall–Kier alpha value is -1.30. The molecule has 0 aromatic carbocycles. The molecule has 4 N–H and O–H groups in total. The topological polar surface area (TPSA) is 91.4 Å². The van der Waals surface area contributed by atoms with E-state index in [0.717, 1.165) is 6.42 Å². The second-order valence-corrected chi connectivity index (χ2v) is 3.88.